The number of aromatic nitrogens is 3. The molecular weight excluding hydrogens is 424 g/mol. The second kappa shape index (κ2) is 9.23. The molecule has 2 aromatic carbocycles. The Labute approximate surface area is 188 Å². The van der Waals surface area contributed by atoms with Gasteiger partial charge in [0.1, 0.15) is 17.0 Å². The van der Waals surface area contributed by atoms with E-state index in [2.05, 4.69) is 25.3 Å². The molecule has 33 heavy (non-hydrogen) atoms. The van der Waals surface area contributed by atoms with Crippen molar-refractivity contribution in [3.63, 3.8) is 0 Å². The smallest absolute Gasteiger partial charge is 0.395 e. The Morgan fingerprint density at radius 1 is 1.12 bits per heavy atom. The molecule has 164 valence electrons. The Morgan fingerprint density at radius 2 is 1.91 bits per heavy atom. The highest BCUT2D eigenvalue weighted by Gasteiger charge is 2.24. The highest BCUT2D eigenvalue weighted by atomic mass is 16.5. The lowest BCUT2D eigenvalue weighted by Gasteiger charge is -2.06. The second-order valence-corrected chi connectivity index (χ2v) is 6.82. The van der Waals surface area contributed by atoms with Crippen molar-refractivity contribution in [2.75, 3.05) is 13.7 Å². The number of benzene rings is 2. The van der Waals surface area contributed by atoms with Crippen molar-refractivity contribution in [3.05, 3.63) is 77.3 Å². The van der Waals surface area contributed by atoms with Gasteiger partial charge < -0.3 is 9.47 Å². The second-order valence-electron chi connectivity index (χ2n) is 6.82. The monoisotopic (exact) mass is 442 g/mol. The van der Waals surface area contributed by atoms with E-state index in [-0.39, 0.29) is 6.61 Å². The van der Waals surface area contributed by atoms with E-state index in [0.717, 1.165) is 0 Å². The van der Waals surface area contributed by atoms with Gasteiger partial charge in [-0.3, -0.25) is 14.0 Å². The van der Waals surface area contributed by atoms with Crippen LogP contribution in [0.3, 0.4) is 0 Å². The molecule has 0 aliphatic heterocycles. The fraction of sp³-hybridized carbons (Fsp3) is 0.174. The van der Waals surface area contributed by atoms with Crippen LogP contribution in [0.2, 0.25) is 0 Å². The number of fused-ring (bicyclic) bond motifs is 3. The maximum atomic E-state index is 12.6. The summed E-state index contributed by atoms with van der Waals surface area (Å²) in [6.07, 6.45) is -1.33. The minimum Gasteiger partial charge on any atom is -0.497 e. The van der Waals surface area contributed by atoms with Crippen LogP contribution >= 0.6 is 0 Å². The number of carbonyl (C=O) groups is 2. The molecule has 0 spiro atoms. The number of rotatable bonds is 7. The largest absolute Gasteiger partial charge is 0.497 e. The van der Waals surface area contributed by atoms with Gasteiger partial charge in [-0.1, -0.05) is 5.11 Å². The number of carbonyl (C=O) groups excluding carboxylic acids is 2. The van der Waals surface area contributed by atoms with Gasteiger partial charge >= 0.3 is 12.1 Å². The molecule has 0 radical (unpaired) electrons. The first-order chi connectivity index (χ1) is 16.0. The van der Waals surface area contributed by atoms with E-state index in [9.17, 15) is 9.59 Å². The third kappa shape index (κ3) is 4.24. The van der Waals surface area contributed by atoms with Crippen molar-refractivity contribution in [1.82, 2.24) is 14.6 Å². The number of nitrogens with zero attached hydrogens (tertiary/aromatic N) is 6. The van der Waals surface area contributed by atoms with Crippen LogP contribution in [0.4, 0.5) is 5.69 Å². The normalized spacial score (nSPS) is 12.0. The number of hydrogen-bond donors (Lipinski definition) is 0. The van der Waals surface area contributed by atoms with E-state index >= 15 is 0 Å². The standard InChI is InChI=1S/C23H18N6O4/c1-4-33-23(31)18-11-12-20-27-26-17-10-7-15(13-19(17)29(18)20)25-28-22(24-2)21(30)14-5-8-16(32-3)9-6-14/h5-13,22H,4H2,1,3H3. The van der Waals surface area contributed by atoms with E-state index < -0.39 is 17.9 Å². The number of ether oxygens (including phenoxy) is 2. The van der Waals surface area contributed by atoms with Gasteiger partial charge in [0, 0.05) is 5.56 Å². The number of azo groups is 1. The molecule has 0 saturated heterocycles. The zero-order valence-electron chi connectivity index (χ0n) is 17.8. The topological polar surface area (TPSA) is 112 Å². The molecule has 0 amide bonds. The van der Waals surface area contributed by atoms with Crippen LogP contribution in [0.5, 0.6) is 5.75 Å². The SMILES string of the molecule is [C-]#[N+]C(N=Nc1ccc2nnc3ccc(C(=O)OCC)n3c2c1)C(=O)c1ccc(OC)cc1. The lowest BCUT2D eigenvalue weighted by molar-refractivity contribution is 0.0518. The number of methoxy groups -OCH3 is 1. The van der Waals surface area contributed by atoms with Crippen LogP contribution in [0, 0.1) is 6.57 Å². The first kappa shape index (κ1) is 21.6. The van der Waals surface area contributed by atoms with Crippen LogP contribution < -0.4 is 4.74 Å². The molecule has 2 aromatic heterocycles. The summed E-state index contributed by atoms with van der Waals surface area (Å²) in [6.45, 7) is 9.33. The van der Waals surface area contributed by atoms with E-state index in [1.54, 1.807) is 65.9 Å². The lowest BCUT2D eigenvalue weighted by atomic mass is 10.1. The molecule has 2 heterocycles. The van der Waals surface area contributed by atoms with Gasteiger partial charge in [0.2, 0.25) is 0 Å². The molecular formula is C23H18N6O4. The van der Waals surface area contributed by atoms with Gasteiger partial charge in [0.15, 0.2) is 5.65 Å². The van der Waals surface area contributed by atoms with Crippen LogP contribution in [-0.2, 0) is 4.74 Å². The van der Waals surface area contributed by atoms with E-state index in [4.69, 9.17) is 16.0 Å². The molecule has 10 heteroatoms. The van der Waals surface area contributed by atoms with Crippen molar-refractivity contribution in [3.8, 4) is 5.75 Å². The summed E-state index contributed by atoms with van der Waals surface area (Å²) >= 11 is 0. The van der Waals surface area contributed by atoms with Gasteiger partial charge in [-0.25, -0.2) is 11.4 Å². The average molecular weight is 442 g/mol. The molecule has 0 bridgehead atoms. The molecule has 0 saturated carbocycles. The number of hydrogen-bond acceptors (Lipinski definition) is 8. The van der Waals surface area contributed by atoms with Crippen molar-refractivity contribution in [2.45, 2.75) is 13.1 Å². The van der Waals surface area contributed by atoms with Gasteiger partial charge in [0.05, 0.1) is 24.9 Å². The number of esters is 1. The molecule has 0 aliphatic carbocycles. The highest BCUT2D eigenvalue weighted by Crippen LogP contribution is 2.24. The Balaban J connectivity index is 1.68. The summed E-state index contributed by atoms with van der Waals surface area (Å²) < 4.78 is 11.8. The Morgan fingerprint density at radius 3 is 2.61 bits per heavy atom. The van der Waals surface area contributed by atoms with Crippen LogP contribution in [0.1, 0.15) is 27.8 Å². The molecule has 10 nitrogen and oxygen atoms in total. The zero-order chi connectivity index (χ0) is 23.4. The van der Waals surface area contributed by atoms with Crippen molar-refractivity contribution in [2.24, 2.45) is 10.2 Å². The molecule has 0 fully saturated rings. The lowest BCUT2D eigenvalue weighted by Crippen LogP contribution is -2.14. The van der Waals surface area contributed by atoms with Gasteiger partial charge in [-0.2, -0.15) is 0 Å². The van der Waals surface area contributed by atoms with Crippen LogP contribution in [0.15, 0.2) is 64.8 Å². The summed E-state index contributed by atoms with van der Waals surface area (Å²) in [4.78, 5) is 28.3. The number of Topliss-reactive ketones (excluding diaryl/α,β-unsaturated/α-hetero) is 1. The van der Waals surface area contributed by atoms with E-state index in [1.807, 2.05) is 0 Å². The van der Waals surface area contributed by atoms with Crippen LogP contribution in [-0.4, -0.2) is 46.2 Å². The molecule has 4 rings (SSSR count). The third-order valence-electron chi connectivity index (χ3n) is 4.82. The number of ketones is 1. The Hall–Kier alpha value is -4.65. The summed E-state index contributed by atoms with van der Waals surface area (Å²) in [6, 6.07) is 14.7. The average Bonchev–Trinajstić information content (AvgIpc) is 3.29. The third-order valence-corrected chi connectivity index (χ3v) is 4.82. The quantitative estimate of drug-likeness (QED) is 0.183. The predicted molar refractivity (Wildman–Crippen MR) is 119 cm³/mol. The zero-order valence-corrected chi connectivity index (χ0v) is 17.8. The van der Waals surface area contributed by atoms with Crippen LogP contribution in [0.25, 0.3) is 21.5 Å². The molecule has 1 atom stereocenters. The fourth-order valence-corrected chi connectivity index (χ4v) is 3.23. The highest BCUT2D eigenvalue weighted by molar-refractivity contribution is 6.01. The van der Waals surface area contributed by atoms with Crippen molar-refractivity contribution in [1.29, 1.82) is 0 Å². The van der Waals surface area contributed by atoms with E-state index in [1.165, 1.54) is 7.11 Å². The first-order valence-electron chi connectivity index (χ1n) is 9.96. The van der Waals surface area contributed by atoms with Gasteiger partial charge in [-0.15, -0.1) is 15.3 Å². The summed E-state index contributed by atoms with van der Waals surface area (Å²) in [5.74, 6) is -0.359. The summed E-state index contributed by atoms with van der Waals surface area (Å²) in [5, 5.41) is 16.3. The Bertz CT molecular complexity index is 1420. The van der Waals surface area contributed by atoms with Gasteiger partial charge in [0.25, 0.3) is 5.78 Å². The predicted octanol–water partition coefficient (Wildman–Crippen LogP) is 4.28. The molecule has 0 aliphatic rings. The Kier molecular flexibility index (Phi) is 6.04. The maximum Gasteiger partial charge on any atom is 0.395 e. The fourth-order valence-electron chi connectivity index (χ4n) is 3.23. The minimum atomic E-state index is -1.33. The van der Waals surface area contributed by atoms with E-state index in [0.29, 0.717) is 39.4 Å². The first-order valence-corrected chi connectivity index (χ1v) is 9.96. The summed E-state index contributed by atoms with van der Waals surface area (Å²) in [5.41, 5.74) is 2.57. The van der Waals surface area contributed by atoms with Crippen molar-refractivity contribution >= 4 is 34.1 Å². The minimum absolute atomic E-state index is 0.238. The van der Waals surface area contributed by atoms with Gasteiger partial charge in [-0.05, 0) is 61.5 Å². The van der Waals surface area contributed by atoms with Crippen molar-refractivity contribution < 1.29 is 19.1 Å². The molecule has 0 N–H and O–H groups in total. The molecule has 4 aromatic rings. The maximum absolute atomic E-state index is 12.6. The molecule has 1 unspecified atom stereocenters. The summed E-state index contributed by atoms with van der Waals surface area (Å²) in [7, 11) is 1.53.